The van der Waals surface area contributed by atoms with Gasteiger partial charge in [-0.2, -0.15) is 0 Å². The van der Waals surface area contributed by atoms with E-state index in [-0.39, 0.29) is 12.5 Å². The quantitative estimate of drug-likeness (QED) is 0.727. The zero-order valence-electron chi connectivity index (χ0n) is 7.89. The van der Waals surface area contributed by atoms with Crippen LogP contribution in [0.25, 0.3) is 0 Å². The fourth-order valence-corrected chi connectivity index (χ4v) is 1.21. The summed E-state index contributed by atoms with van der Waals surface area (Å²) in [5, 5.41) is 8.49. The minimum absolute atomic E-state index is 0.0207. The van der Waals surface area contributed by atoms with E-state index >= 15 is 0 Å². The van der Waals surface area contributed by atoms with Crippen LogP contribution in [0.15, 0.2) is 24.4 Å². The lowest BCUT2D eigenvalue weighted by Crippen LogP contribution is -2.24. The molecule has 0 aliphatic rings. The van der Waals surface area contributed by atoms with Crippen LogP contribution in [0.5, 0.6) is 0 Å². The summed E-state index contributed by atoms with van der Waals surface area (Å²) in [5.74, 6) is -0.849. The first kappa shape index (κ1) is 10.7. The number of carbonyl (C=O) groups is 1. The first-order valence-corrected chi connectivity index (χ1v) is 4.56. The second kappa shape index (κ2) is 5.34. The van der Waals surface area contributed by atoms with Crippen molar-refractivity contribution >= 4 is 5.97 Å². The Kier molecular flexibility index (Phi) is 4.07. The van der Waals surface area contributed by atoms with Crippen molar-refractivity contribution in [3.63, 3.8) is 0 Å². The van der Waals surface area contributed by atoms with Gasteiger partial charge in [0.15, 0.2) is 0 Å². The molecule has 0 saturated carbocycles. The Hall–Kier alpha value is -1.42. The van der Waals surface area contributed by atoms with Crippen LogP contribution in [0.3, 0.4) is 0 Å². The molecule has 0 amide bonds. The molecule has 4 nitrogen and oxygen atoms in total. The molecule has 0 saturated heterocycles. The minimum Gasteiger partial charge on any atom is -0.481 e. The maximum Gasteiger partial charge on any atom is 0.304 e. The third-order valence-corrected chi connectivity index (χ3v) is 1.93. The van der Waals surface area contributed by atoms with Gasteiger partial charge in [-0.1, -0.05) is 6.07 Å². The van der Waals surface area contributed by atoms with Gasteiger partial charge in [0.25, 0.3) is 0 Å². The number of carboxylic acid groups (broad SMARTS) is 1. The molecule has 1 atom stereocenters. The smallest absolute Gasteiger partial charge is 0.304 e. The van der Waals surface area contributed by atoms with Gasteiger partial charge < -0.3 is 10.8 Å². The van der Waals surface area contributed by atoms with E-state index in [4.69, 9.17) is 10.8 Å². The van der Waals surface area contributed by atoms with E-state index < -0.39 is 5.97 Å². The molecule has 1 rings (SSSR count). The summed E-state index contributed by atoms with van der Waals surface area (Å²) >= 11 is 0. The van der Waals surface area contributed by atoms with E-state index in [1.807, 2.05) is 18.2 Å². The summed E-state index contributed by atoms with van der Waals surface area (Å²) in [6.45, 7) is 0. The zero-order valence-corrected chi connectivity index (χ0v) is 7.89. The maximum absolute atomic E-state index is 10.3. The Balaban J connectivity index is 2.30. The third-order valence-electron chi connectivity index (χ3n) is 1.93. The third kappa shape index (κ3) is 4.00. The average molecular weight is 194 g/mol. The summed E-state index contributed by atoms with van der Waals surface area (Å²) in [4.78, 5) is 14.5. The number of hydrogen-bond acceptors (Lipinski definition) is 3. The van der Waals surface area contributed by atoms with Crippen LogP contribution >= 0.6 is 0 Å². The van der Waals surface area contributed by atoms with Crippen molar-refractivity contribution in [2.24, 2.45) is 5.73 Å². The van der Waals surface area contributed by atoms with Crippen LogP contribution in [0.4, 0.5) is 0 Å². The normalized spacial score (nSPS) is 12.4. The van der Waals surface area contributed by atoms with Crippen molar-refractivity contribution in [2.45, 2.75) is 25.3 Å². The molecule has 14 heavy (non-hydrogen) atoms. The van der Waals surface area contributed by atoms with Crippen molar-refractivity contribution in [1.82, 2.24) is 4.98 Å². The molecule has 0 bridgehead atoms. The Labute approximate surface area is 82.8 Å². The summed E-state index contributed by atoms with van der Waals surface area (Å²) in [5.41, 5.74) is 6.57. The van der Waals surface area contributed by atoms with Gasteiger partial charge in [-0.25, -0.2) is 0 Å². The molecular weight excluding hydrogens is 180 g/mol. The van der Waals surface area contributed by atoms with Crippen molar-refractivity contribution in [3.05, 3.63) is 30.1 Å². The van der Waals surface area contributed by atoms with E-state index in [1.165, 1.54) is 0 Å². The average Bonchev–Trinajstić information content (AvgIpc) is 2.15. The predicted octanol–water partition coefficient (Wildman–Crippen LogP) is 0.816. The van der Waals surface area contributed by atoms with Crippen molar-refractivity contribution in [2.75, 3.05) is 0 Å². The Morgan fingerprint density at radius 1 is 1.57 bits per heavy atom. The van der Waals surface area contributed by atoms with E-state index in [9.17, 15) is 4.79 Å². The highest BCUT2D eigenvalue weighted by atomic mass is 16.4. The molecule has 1 aromatic rings. The first-order valence-electron chi connectivity index (χ1n) is 4.56. The topological polar surface area (TPSA) is 76.2 Å². The lowest BCUT2D eigenvalue weighted by molar-refractivity contribution is -0.137. The van der Waals surface area contributed by atoms with Crippen LogP contribution in [-0.4, -0.2) is 22.1 Å². The number of aliphatic carboxylic acids is 1. The molecule has 76 valence electrons. The van der Waals surface area contributed by atoms with Crippen LogP contribution in [-0.2, 0) is 11.2 Å². The molecule has 0 aliphatic carbocycles. The fraction of sp³-hybridized carbons (Fsp3) is 0.400. The summed E-state index contributed by atoms with van der Waals surface area (Å²) in [6.07, 6.45) is 3.13. The molecule has 0 spiro atoms. The van der Waals surface area contributed by atoms with Crippen molar-refractivity contribution < 1.29 is 9.90 Å². The molecule has 1 aromatic heterocycles. The van der Waals surface area contributed by atoms with Crippen LogP contribution in [0.1, 0.15) is 18.5 Å². The zero-order chi connectivity index (χ0) is 10.4. The lowest BCUT2D eigenvalue weighted by atomic mass is 10.1. The van der Waals surface area contributed by atoms with E-state index in [0.29, 0.717) is 6.42 Å². The van der Waals surface area contributed by atoms with E-state index in [2.05, 4.69) is 4.98 Å². The number of pyridine rings is 1. The van der Waals surface area contributed by atoms with Gasteiger partial charge in [0.1, 0.15) is 0 Å². The highest BCUT2D eigenvalue weighted by molar-refractivity contribution is 5.67. The Morgan fingerprint density at radius 2 is 2.36 bits per heavy atom. The second-order valence-corrected chi connectivity index (χ2v) is 3.22. The van der Waals surface area contributed by atoms with Gasteiger partial charge in [0.05, 0.1) is 6.42 Å². The number of hydrogen-bond donors (Lipinski definition) is 2. The van der Waals surface area contributed by atoms with Gasteiger partial charge in [0, 0.05) is 17.9 Å². The number of carboxylic acids is 1. The Bertz CT molecular complexity index is 287. The fourth-order valence-electron chi connectivity index (χ4n) is 1.21. The molecule has 0 fully saturated rings. The first-order chi connectivity index (χ1) is 6.68. The summed E-state index contributed by atoms with van der Waals surface area (Å²) in [6, 6.07) is 5.38. The minimum atomic E-state index is -0.849. The van der Waals surface area contributed by atoms with Crippen LogP contribution in [0, 0.1) is 0 Å². The van der Waals surface area contributed by atoms with Gasteiger partial charge in [-0.15, -0.1) is 0 Å². The lowest BCUT2D eigenvalue weighted by Gasteiger charge is -2.07. The molecular formula is C10H14N2O2. The highest BCUT2D eigenvalue weighted by Crippen LogP contribution is 2.02. The summed E-state index contributed by atoms with van der Waals surface area (Å²) in [7, 11) is 0. The van der Waals surface area contributed by atoms with E-state index in [0.717, 1.165) is 12.1 Å². The van der Waals surface area contributed by atoms with Gasteiger partial charge >= 0.3 is 5.97 Å². The number of nitrogens with two attached hydrogens (primary N) is 1. The SMILES string of the molecule is NC(CCc1ccccn1)CC(=O)O. The van der Waals surface area contributed by atoms with Crippen molar-refractivity contribution in [1.29, 1.82) is 0 Å². The molecule has 1 heterocycles. The van der Waals surface area contributed by atoms with Gasteiger partial charge in [-0.3, -0.25) is 9.78 Å². The monoisotopic (exact) mass is 194 g/mol. The number of rotatable bonds is 5. The number of aromatic nitrogens is 1. The number of aryl methyl sites for hydroxylation is 1. The second-order valence-electron chi connectivity index (χ2n) is 3.22. The predicted molar refractivity (Wildman–Crippen MR) is 52.8 cm³/mol. The van der Waals surface area contributed by atoms with Gasteiger partial charge in [-0.05, 0) is 25.0 Å². The molecule has 0 radical (unpaired) electrons. The molecule has 4 heteroatoms. The van der Waals surface area contributed by atoms with Crippen LogP contribution in [0.2, 0.25) is 0 Å². The van der Waals surface area contributed by atoms with Crippen LogP contribution < -0.4 is 5.73 Å². The maximum atomic E-state index is 10.3. The molecule has 1 unspecified atom stereocenters. The molecule has 0 aliphatic heterocycles. The summed E-state index contributed by atoms with van der Waals surface area (Å²) < 4.78 is 0. The largest absolute Gasteiger partial charge is 0.481 e. The molecule has 0 aromatic carbocycles. The van der Waals surface area contributed by atoms with Crippen molar-refractivity contribution in [3.8, 4) is 0 Å². The Morgan fingerprint density at radius 3 is 2.93 bits per heavy atom. The van der Waals surface area contributed by atoms with E-state index in [1.54, 1.807) is 6.20 Å². The molecule has 3 N–H and O–H groups in total. The standard InChI is InChI=1S/C10H14N2O2/c11-8(7-10(13)14)4-5-9-3-1-2-6-12-9/h1-3,6,8H,4-5,7,11H2,(H,13,14). The van der Waals surface area contributed by atoms with Gasteiger partial charge in [0.2, 0.25) is 0 Å². The number of nitrogens with zero attached hydrogens (tertiary/aromatic N) is 1. The highest BCUT2D eigenvalue weighted by Gasteiger charge is 2.07.